The number of amides is 3. The Morgan fingerprint density at radius 3 is 2.37 bits per heavy atom. The van der Waals surface area contributed by atoms with Crippen LogP contribution < -0.4 is 16.4 Å². The van der Waals surface area contributed by atoms with E-state index in [4.69, 9.17) is 10.8 Å². The second kappa shape index (κ2) is 8.91. The van der Waals surface area contributed by atoms with Gasteiger partial charge in [0.25, 0.3) is 5.91 Å². The van der Waals surface area contributed by atoms with Crippen molar-refractivity contribution in [2.24, 2.45) is 5.73 Å². The summed E-state index contributed by atoms with van der Waals surface area (Å²) >= 11 is 0. The third kappa shape index (κ3) is 5.02. The molecule has 0 saturated heterocycles. The first-order valence-corrected chi connectivity index (χ1v) is 8.99. The lowest BCUT2D eigenvalue weighted by molar-refractivity contribution is -0.136. The van der Waals surface area contributed by atoms with Gasteiger partial charge in [-0.3, -0.25) is 9.59 Å². The number of carboxylic acids is 1. The highest BCUT2D eigenvalue weighted by molar-refractivity contribution is 6.01. The lowest BCUT2D eigenvalue weighted by Gasteiger charge is -2.10. The Morgan fingerprint density at radius 2 is 1.73 bits per heavy atom. The molecule has 154 valence electrons. The van der Waals surface area contributed by atoms with E-state index in [0.29, 0.717) is 28.1 Å². The predicted molar refractivity (Wildman–Crippen MR) is 110 cm³/mol. The highest BCUT2D eigenvalue weighted by Crippen LogP contribution is 2.29. The van der Waals surface area contributed by atoms with E-state index in [-0.39, 0.29) is 18.5 Å². The third-order valence-electron chi connectivity index (χ3n) is 4.33. The number of carbonyl (C=O) groups excluding carboxylic acids is 2. The van der Waals surface area contributed by atoms with Crippen LogP contribution in [0.5, 0.6) is 0 Å². The van der Waals surface area contributed by atoms with Crippen molar-refractivity contribution in [2.45, 2.75) is 12.8 Å². The number of aliphatic carboxylic acids is 1. The van der Waals surface area contributed by atoms with Gasteiger partial charge in [-0.25, -0.2) is 9.18 Å². The van der Waals surface area contributed by atoms with Crippen LogP contribution in [0, 0.1) is 5.82 Å². The summed E-state index contributed by atoms with van der Waals surface area (Å²) in [5.41, 5.74) is 8.20. The Hall–Kier alpha value is -4.14. The maximum atomic E-state index is 13.2. The number of nitrogens with one attached hydrogen (secondary N) is 3. The second-order valence-electron chi connectivity index (χ2n) is 6.49. The number of H-pyrrole nitrogens is 1. The molecule has 6 N–H and O–H groups in total. The molecule has 0 aliphatic heterocycles. The molecule has 0 aliphatic carbocycles. The SMILES string of the molecule is NC(=O)c1[nH]cc(CCC(=O)O)c1-c1ccc(NC(=O)Nc2cccc(F)c2)cc1. The fourth-order valence-electron chi connectivity index (χ4n) is 3.01. The summed E-state index contributed by atoms with van der Waals surface area (Å²) in [5.74, 6) is -2.08. The van der Waals surface area contributed by atoms with Crippen molar-refractivity contribution in [3.63, 3.8) is 0 Å². The van der Waals surface area contributed by atoms with E-state index < -0.39 is 23.7 Å². The van der Waals surface area contributed by atoms with Crippen LogP contribution in [0.15, 0.2) is 54.7 Å². The van der Waals surface area contributed by atoms with Gasteiger partial charge >= 0.3 is 12.0 Å². The molecule has 0 spiro atoms. The van der Waals surface area contributed by atoms with Gasteiger partial charge in [-0.2, -0.15) is 0 Å². The molecule has 0 aliphatic rings. The van der Waals surface area contributed by atoms with E-state index in [1.807, 2.05) is 0 Å². The first-order chi connectivity index (χ1) is 14.3. The first kappa shape index (κ1) is 20.6. The van der Waals surface area contributed by atoms with Crippen LogP contribution >= 0.6 is 0 Å². The molecule has 1 aromatic heterocycles. The van der Waals surface area contributed by atoms with Crippen molar-refractivity contribution >= 4 is 29.3 Å². The Balaban J connectivity index is 1.76. The number of anilines is 2. The molecule has 3 amide bonds. The van der Waals surface area contributed by atoms with Crippen LogP contribution in [-0.4, -0.2) is 28.0 Å². The topological polar surface area (TPSA) is 137 Å². The Bertz CT molecular complexity index is 1090. The minimum absolute atomic E-state index is 0.0943. The van der Waals surface area contributed by atoms with E-state index in [9.17, 15) is 18.8 Å². The van der Waals surface area contributed by atoms with Crippen molar-refractivity contribution < 1.29 is 23.9 Å². The van der Waals surface area contributed by atoms with Crippen molar-refractivity contribution in [1.82, 2.24) is 4.98 Å². The third-order valence-corrected chi connectivity index (χ3v) is 4.33. The van der Waals surface area contributed by atoms with Gasteiger partial charge in [-0.15, -0.1) is 0 Å². The van der Waals surface area contributed by atoms with E-state index in [2.05, 4.69) is 15.6 Å². The zero-order valence-electron chi connectivity index (χ0n) is 15.7. The highest BCUT2D eigenvalue weighted by atomic mass is 19.1. The molecule has 9 heteroatoms. The van der Waals surface area contributed by atoms with E-state index in [0.717, 1.165) is 0 Å². The number of hydrogen-bond acceptors (Lipinski definition) is 3. The lowest BCUT2D eigenvalue weighted by Crippen LogP contribution is -2.19. The summed E-state index contributed by atoms with van der Waals surface area (Å²) < 4.78 is 13.2. The lowest BCUT2D eigenvalue weighted by atomic mass is 9.98. The van der Waals surface area contributed by atoms with Gasteiger partial charge < -0.3 is 26.5 Å². The Morgan fingerprint density at radius 1 is 1.03 bits per heavy atom. The molecule has 2 aromatic carbocycles. The van der Waals surface area contributed by atoms with Gasteiger partial charge in [0.05, 0.1) is 0 Å². The molecule has 0 bridgehead atoms. The fraction of sp³-hybridized carbons (Fsp3) is 0.0952. The van der Waals surface area contributed by atoms with Crippen LogP contribution in [0.1, 0.15) is 22.5 Å². The number of rotatable bonds is 7. The quantitative estimate of drug-likeness (QED) is 0.406. The van der Waals surface area contributed by atoms with E-state index in [1.54, 1.807) is 36.5 Å². The Labute approximate surface area is 170 Å². The van der Waals surface area contributed by atoms with Gasteiger partial charge in [-0.1, -0.05) is 18.2 Å². The fourth-order valence-corrected chi connectivity index (χ4v) is 3.01. The summed E-state index contributed by atoms with van der Waals surface area (Å²) in [5, 5.41) is 14.1. The largest absolute Gasteiger partial charge is 0.481 e. The summed E-state index contributed by atoms with van der Waals surface area (Å²) in [6.45, 7) is 0. The standard InChI is InChI=1S/C21H19FN4O4/c22-14-2-1-3-16(10-14)26-21(30)25-15-7-4-12(5-8-15)18-13(6-9-17(27)28)11-24-19(18)20(23)29/h1-5,7-8,10-11,24H,6,9H2,(H2,23,29)(H,27,28)(H2,25,26,30). The number of hydrogen-bond donors (Lipinski definition) is 5. The van der Waals surface area contributed by atoms with Gasteiger partial charge in [0, 0.05) is 29.6 Å². The van der Waals surface area contributed by atoms with Crippen LogP contribution in [0.4, 0.5) is 20.6 Å². The number of carboxylic acid groups (broad SMARTS) is 1. The summed E-state index contributed by atoms with van der Waals surface area (Å²) in [7, 11) is 0. The number of nitrogens with two attached hydrogens (primary N) is 1. The van der Waals surface area contributed by atoms with Crippen molar-refractivity contribution in [3.8, 4) is 11.1 Å². The van der Waals surface area contributed by atoms with Gasteiger partial charge in [0.1, 0.15) is 11.5 Å². The molecule has 0 atom stereocenters. The summed E-state index contributed by atoms with van der Waals surface area (Å²) in [6, 6.07) is 11.6. The number of urea groups is 1. The number of halogens is 1. The molecule has 3 aromatic rings. The maximum absolute atomic E-state index is 13.2. The van der Waals surface area contributed by atoms with E-state index in [1.165, 1.54) is 18.2 Å². The highest BCUT2D eigenvalue weighted by Gasteiger charge is 2.18. The molecular weight excluding hydrogens is 391 g/mol. The molecule has 0 saturated carbocycles. The van der Waals surface area contributed by atoms with Crippen LogP contribution in [-0.2, 0) is 11.2 Å². The normalized spacial score (nSPS) is 10.4. The smallest absolute Gasteiger partial charge is 0.323 e. The van der Waals surface area contributed by atoms with Crippen molar-refractivity contribution in [1.29, 1.82) is 0 Å². The monoisotopic (exact) mass is 410 g/mol. The minimum Gasteiger partial charge on any atom is -0.481 e. The molecule has 8 nitrogen and oxygen atoms in total. The van der Waals surface area contributed by atoms with Crippen LogP contribution in [0.2, 0.25) is 0 Å². The van der Waals surface area contributed by atoms with Crippen LogP contribution in [0.3, 0.4) is 0 Å². The van der Waals surface area contributed by atoms with E-state index >= 15 is 0 Å². The van der Waals surface area contributed by atoms with Crippen molar-refractivity contribution in [2.75, 3.05) is 10.6 Å². The van der Waals surface area contributed by atoms with Crippen molar-refractivity contribution in [3.05, 3.63) is 71.8 Å². The molecule has 3 rings (SSSR count). The molecule has 30 heavy (non-hydrogen) atoms. The zero-order chi connectivity index (χ0) is 21.7. The van der Waals surface area contributed by atoms with Crippen LogP contribution in [0.25, 0.3) is 11.1 Å². The molecule has 0 unspecified atom stereocenters. The molecule has 1 heterocycles. The summed E-state index contributed by atoms with van der Waals surface area (Å²) in [6.07, 6.45) is 1.70. The maximum Gasteiger partial charge on any atom is 0.323 e. The zero-order valence-corrected chi connectivity index (χ0v) is 15.7. The summed E-state index contributed by atoms with van der Waals surface area (Å²) in [4.78, 5) is 37.5. The number of primary amides is 1. The van der Waals surface area contributed by atoms with Gasteiger partial charge in [0.15, 0.2) is 0 Å². The first-order valence-electron chi connectivity index (χ1n) is 8.99. The number of aryl methyl sites for hydroxylation is 1. The average molecular weight is 410 g/mol. The number of aromatic nitrogens is 1. The number of benzene rings is 2. The average Bonchev–Trinajstić information content (AvgIpc) is 3.11. The number of aromatic amines is 1. The number of carbonyl (C=O) groups is 3. The second-order valence-corrected chi connectivity index (χ2v) is 6.49. The van der Waals surface area contributed by atoms with Gasteiger partial charge in [-0.05, 0) is 47.9 Å². The molecule has 0 fully saturated rings. The molecular formula is C21H19FN4O4. The van der Waals surface area contributed by atoms with Gasteiger partial charge in [0.2, 0.25) is 0 Å². The Kier molecular flexibility index (Phi) is 6.11. The minimum atomic E-state index is -0.952. The predicted octanol–water partition coefficient (Wildman–Crippen LogP) is 3.58. The molecule has 0 radical (unpaired) electrons.